The zero-order chi connectivity index (χ0) is 12.7. The van der Waals surface area contributed by atoms with Crippen LogP contribution in [0.1, 0.15) is 26.3 Å². The molecule has 0 spiro atoms. The Morgan fingerprint density at radius 3 is 2.53 bits per heavy atom. The van der Waals surface area contributed by atoms with Crippen molar-refractivity contribution < 1.29 is 9.53 Å². The summed E-state index contributed by atoms with van der Waals surface area (Å²) < 4.78 is 5.09. The second-order valence-electron chi connectivity index (χ2n) is 4.74. The lowest BCUT2D eigenvalue weighted by Gasteiger charge is -2.18. The fraction of sp³-hybridized carbons (Fsp3) is 0.357. The number of nitrogens with one attached hydrogen (secondary N) is 1. The number of benzene rings is 1. The molecule has 0 saturated carbocycles. The van der Waals surface area contributed by atoms with Crippen molar-refractivity contribution in [1.82, 2.24) is 5.32 Å². The Hall–Kier alpha value is -1.77. The average Bonchev–Trinajstić information content (AvgIpc) is 2.23. The number of allylic oxidation sites excluding steroid dienone is 1. The topological polar surface area (TPSA) is 38.3 Å². The summed E-state index contributed by atoms with van der Waals surface area (Å²) in [7, 11) is 0. The van der Waals surface area contributed by atoms with E-state index in [0.717, 1.165) is 6.42 Å². The van der Waals surface area contributed by atoms with Crippen LogP contribution in [0.25, 0.3) is 0 Å². The van der Waals surface area contributed by atoms with E-state index in [1.165, 1.54) is 5.56 Å². The SMILES string of the molecule is CC(C)(C)OC(=O)N/C=C/Cc1ccccc1. The lowest BCUT2D eigenvalue weighted by Crippen LogP contribution is -2.29. The molecule has 0 aliphatic carbocycles. The molecule has 0 heterocycles. The molecule has 0 aromatic heterocycles. The van der Waals surface area contributed by atoms with E-state index in [9.17, 15) is 4.79 Å². The molecule has 1 aromatic rings. The minimum absolute atomic E-state index is 0.429. The molecule has 17 heavy (non-hydrogen) atoms. The molecule has 0 saturated heterocycles. The van der Waals surface area contributed by atoms with Crippen LogP contribution in [0.2, 0.25) is 0 Å². The summed E-state index contributed by atoms with van der Waals surface area (Å²) in [6, 6.07) is 10.0. The fourth-order valence-corrected chi connectivity index (χ4v) is 1.24. The van der Waals surface area contributed by atoms with Crippen molar-refractivity contribution in [2.75, 3.05) is 0 Å². The van der Waals surface area contributed by atoms with Crippen LogP contribution in [0.4, 0.5) is 4.79 Å². The highest BCUT2D eigenvalue weighted by Crippen LogP contribution is 2.06. The van der Waals surface area contributed by atoms with Gasteiger partial charge in [0.1, 0.15) is 5.60 Å². The molecule has 0 atom stereocenters. The van der Waals surface area contributed by atoms with Crippen molar-refractivity contribution in [3.63, 3.8) is 0 Å². The third kappa shape index (κ3) is 6.40. The molecule has 1 N–H and O–H groups in total. The summed E-state index contributed by atoms with van der Waals surface area (Å²) >= 11 is 0. The minimum Gasteiger partial charge on any atom is -0.444 e. The Bertz CT molecular complexity index is 377. The van der Waals surface area contributed by atoms with Crippen molar-refractivity contribution in [3.8, 4) is 0 Å². The summed E-state index contributed by atoms with van der Waals surface area (Å²) in [6.45, 7) is 5.50. The van der Waals surface area contributed by atoms with Crippen LogP contribution in [0, 0.1) is 0 Å². The van der Waals surface area contributed by atoms with Gasteiger partial charge in [-0.2, -0.15) is 0 Å². The molecule has 0 unspecified atom stereocenters. The molecular formula is C14H19NO2. The Morgan fingerprint density at radius 1 is 1.29 bits per heavy atom. The highest BCUT2D eigenvalue weighted by atomic mass is 16.6. The predicted molar refractivity (Wildman–Crippen MR) is 68.7 cm³/mol. The normalized spacial score (nSPS) is 11.5. The van der Waals surface area contributed by atoms with Gasteiger partial charge in [0.25, 0.3) is 0 Å². The predicted octanol–water partition coefficient (Wildman–Crippen LogP) is 3.27. The smallest absolute Gasteiger partial charge is 0.411 e. The zero-order valence-corrected chi connectivity index (χ0v) is 10.6. The molecule has 0 bridgehead atoms. The van der Waals surface area contributed by atoms with E-state index in [0.29, 0.717) is 0 Å². The van der Waals surface area contributed by atoms with Gasteiger partial charge in [0.15, 0.2) is 0 Å². The molecule has 3 heteroatoms. The van der Waals surface area contributed by atoms with Gasteiger partial charge in [-0.1, -0.05) is 36.4 Å². The highest BCUT2D eigenvalue weighted by Gasteiger charge is 2.14. The number of hydrogen-bond donors (Lipinski definition) is 1. The first-order valence-electron chi connectivity index (χ1n) is 5.66. The van der Waals surface area contributed by atoms with Crippen molar-refractivity contribution in [3.05, 3.63) is 48.2 Å². The van der Waals surface area contributed by atoms with E-state index in [1.54, 1.807) is 6.20 Å². The van der Waals surface area contributed by atoms with Gasteiger partial charge in [0.2, 0.25) is 0 Å². The van der Waals surface area contributed by atoms with Crippen molar-refractivity contribution in [2.24, 2.45) is 0 Å². The van der Waals surface area contributed by atoms with E-state index >= 15 is 0 Å². The van der Waals surface area contributed by atoms with Crippen LogP contribution in [0.3, 0.4) is 0 Å². The first kappa shape index (κ1) is 13.3. The number of ether oxygens (including phenoxy) is 1. The van der Waals surface area contributed by atoms with Crippen LogP contribution in [0.5, 0.6) is 0 Å². The Kier molecular flexibility index (Phi) is 4.76. The maximum atomic E-state index is 11.3. The van der Waals surface area contributed by atoms with Crippen LogP contribution in [0.15, 0.2) is 42.6 Å². The van der Waals surface area contributed by atoms with Crippen molar-refractivity contribution in [2.45, 2.75) is 32.8 Å². The van der Waals surface area contributed by atoms with E-state index < -0.39 is 11.7 Å². The standard InChI is InChI=1S/C14H19NO2/c1-14(2,3)17-13(16)15-11-7-10-12-8-5-4-6-9-12/h4-9,11H,10H2,1-3H3,(H,15,16)/b11-7+. The number of amides is 1. The first-order valence-corrected chi connectivity index (χ1v) is 5.66. The number of rotatable bonds is 3. The van der Waals surface area contributed by atoms with Crippen LogP contribution in [-0.4, -0.2) is 11.7 Å². The van der Waals surface area contributed by atoms with Gasteiger partial charge in [-0.3, -0.25) is 5.32 Å². The lowest BCUT2D eigenvalue weighted by molar-refractivity contribution is 0.0552. The number of hydrogen-bond acceptors (Lipinski definition) is 2. The molecule has 0 radical (unpaired) electrons. The second kappa shape index (κ2) is 6.09. The second-order valence-corrected chi connectivity index (χ2v) is 4.74. The Balaban J connectivity index is 2.29. The van der Waals surface area contributed by atoms with Crippen LogP contribution >= 0.6 is 0 Å². The lowest BCUT2D eigenvalue weighted by atomic mass is 10.1. The summed E-state index contributed by atoms with van der Waals surface area (Å²) in [6.07, 6.45) is 3.86. The van der Waals surface area contributed by atoms with E-state index in [-0.39, 0.29) is 0 Å². The Labute approximate surface area is 102 Å². The van der Waals surface area contributed by atoms with Gasteiger partial charge in [-0.15, -0.1) is 0 Å². The maximum Gasteiger partial charge on any atom is 0.411 e. The summed E-state index contributed by atoms with van der Waals surface area (Å²) in [5, 5.41) is 2.57. The van der Waals surface area contributed by atoms with Crippen LogP contribution in [-0.2, 0) is 11.2 Å². The largest absolute Gasteiger partial charge is 0.444 e. The fourth-order valence-electron chi connectivity index (χ4n) is 1.24. The maximum absolute atomic E-state index is 11.3. The first-order chi connectivity index (χ1) is 7.97. The molecule has 0 aliphatic rings. The molecule has 92 valence electrons. The quantitative estimate of drug-likeness (QED) is 0.870. The molecule has 1 rings (SSSR count). The van der Waals surface area contributed by atoms with Gasteiger partial charge < -0.3 is 4.74 Å². The van der Waals surface area contributed by atoms with Crippen molar-refractivity contribution in [1.29, 1.82) is 0 Å². The average molecular weight is 233 g/mol. The van der Waals surface area contributed by atoms with Gasteiger partial charge in [-0.05, 0) is 32.8 Å². The molecule has 0 aliphatic heterocycles. The Morgan fingerprint density at radius 2 is 1.94 bits per heavy atom. The number of carbonyl (C=O) groups is 1. The minimum atomic E-state index is -0.461. The zero-order valence-electron chi connectivity index (χ0n) is 10.6. The highest BCUT2D eigenvalue weighted by molar-refractivity contribution is 5.68. The van der Waals surface area contributed by atoms with Crippen LogP contribution < -0.4 is 5.32 Å². The van der Waals surface area contributed by atoms with E-state index in [2.05, 4.69) is 5.32 Å². The van der Waals surface area contributed by atoms with Gasteiger partial charge in [0.05, 0.1) is 0 Å². The van der Waals surface area contributed by atoms with Crippen molar-refractivity contribution >= 4 is 6.09 Å². The van der Waals surface area contributed by atoms with Gasteiger partial charge in [0, 0.05) is 6.20 Å². The molecule has 0 fully saturated rings. The monoisotopic (exact) mass is 233 g/mol. The summed E-state index contributed by atoms with van der Waals surface area (Å²) in [4.78, 5) is 11.3. The van der Waals surface area contributed by atoms with Gasteiger partial charge in [-0.25, -0.2) is 4.79 Å². The summed E-state index contributed by atoms with van der Waals surface area (Å²) in [5.74, 6) is 0. The van der Waals surface area contributed by atoms with Gasteiger partial charge >= 0.3 is 6.09 Å². The molecular weight excluding hydrogens is 214 g/mol. The summed E-state index contributed by atoms with van der Waals surface area (Å²) in [5.41, 5.74) is 0.743. The number of carbonyl (C=O) groups excluding carboxylic acids is 1. The van der Waals surface area contributed by atoms with E-state index in [4.69, 9.17) is 4.74 Å². The molecule has 1 aromatic carbocycles. The van der Waals surface area contributed by atoms with E-state index in [1.807, 2.05) is 57.2 Å². The third-order valence-electron chi connectivity index (χ3n) is 1.91. The third-order valence-corrected chi connectivity index (χ3v) is 1.91. The molecule has 1 amide bonds. The number of alkyl carbamates (subject to hydrolysis) is 1. The molecule has 3 nitrogen and oxygen atoms in total.